The summed E-state index contributed by atoms with van der Waals surface area (Å²) in [6.45, 7) is 12.6. The van der Waals surface area contributed by atoms with Gasteiger partial charge < -0.3 is 16.0 Å². The van der Waals surface area contributed by atoms with Crippen molar-refractivity contribution < 1.29 is 4.79 Å². The summed E-state index contributed by atoms with van der Waals surface area (Å²) in [5, 5.41) is 3.50. The molecule has 0 spiro atoms. The number of carbonyl (C=O) groups is 1. The van der Waals surface area contributed by atoms with E-state index in [1.54, 1.807) is 0 Å². The van der Waals surface area contributed by atoms with Gasteiger partial charge in [-0.1, -0.05) is 32.0 Å². The average molecular weight is 291 g/mol. The molecule has 4 heteroatoms. The van der Waals surface area contributed by atoms with E-state index in [-0.39, 0.29) is 18.0 Å². The van der Waals surface area contributed by atoms with Crippen molar-refractivity contribution in [3.05, 3.63) is 29.8 Å². The number of anilines is 1. The molecule has 1 aromatic carbocycles. The third-order valence-electron chi connectivity index (χ3n) is 3.07. The van der Waals surface area contributed by atoms with E-state index in [1.165, 1.54) is 5.56 Å². The van der Waals surface area contributed by atoms with Gasteiger partial charge in [0.1, 0.15) is 0 Å². The first-order valence-electron chi connectivity index (χ1n) is 7.55. The lowest BCUT2D eigenvalue weighted by Gasteiger charge is -2.29. The van der Waals surface area contributed by atoms with Crippen LogP contribution in [-0.4, -0.2) is 24.5 Å². The number of amides is 1. The van der Waals surface area contributed by atoms with Crippen molar-refractivity contribution in [3.8, 4) is 0 Å². The van der Waals surface area contributed by atoms with Gasteiger partial charge in [0, 0.05) is 24.3 Å². The van der Waals surface area contributed by atoms with Crippen LogP contribution in [0.4, 0.5) is 5.69 Å². The average Bonchev–Trinajstić information content (AvgIpc) is 2.34. The second-order valence-corrected chi connectivity index (χ2v) is 6.97. The molecule has 0 aliphatic heterocycles. The number of primary amides is 1. The minimum atomic E-state index is -0.297. The van der Waals surface area contributed by atoms with Gasteiger partial charge in [-0.2, -0.15) is 0 Å². The van der Waals surface area contributed by atoms with Gasteiger partial charge in [0.25, 0.3) is 0 Å². The molecule has 3 N–H and O–H groups in total. The second-order valence-electron chi connectivity index (χ2n) is 6.97. The van der Waals surface area contributed by atoms with Crippen LogP contribution in [-0.2, 0) is 11.3 Å². The fourth-order valence-corrected chi connectivity index (χ4v) is 2.21. The molecule has 0 radical (unpaired) electrons. The molecule has 0 heterocycles. The summed E-state index contributed by atoms with van der Waals surface area (Å²) in [6.07, 6.45) is 0. The maximum Gasteiger partial charge on any atom is 0.236 e. The van der Waals surface area contributed by atoms with Crippen LogP contribution in [0.2, 0.25) is 0 Å². The van der Waals surface area contributed by atoms with Crippen LogP contribution in [0, 0.1) is 5.92 Å². The summed E-state index contributed by atoms with van der Waals surface area (Å²) >= 11 is 0. The molecule has 1 amide bonds. The Morgan fingerprint density at radius 1 is 1.29 bits per heavy atom. The van der Waals surface area contributed by atoms with E-state index in [2.05, 4.69) is 57.0 Å². The zero-order chi connectivity index (χ0) is 16.0. The number of hydrogen-bond acceptors (Lipinski definition) is 3. The lowest BCUT2D eigenvalue weighted by molar-refractivity contribution is -0.116. The Morgan fingerprint density at radius 2 is 1.90 bits per heavy atom. The smallest absolute Gasteiger partial charge is 0.236 e. The Hall–Kier alpha value is -1.55. The summed E-state index contributed by atoms with van der Waals surface area (Å²) in [5.74, 6) is 0.169. The largest absolute Gasteiger partial charge is 0.368 e. The van der Waals surface area contributed by atoms with Crippen molar-refractivity contribution in [1.29, 1.82) is 0 Å². The zero-order valence-electron chi connectivity index (χ0n) is 13.9. The summed E-state index contributed by atoms with van der Waals surface area (Å²) < 4.78 is 0. The standard InChI is InChI=1S/C17H29N3O/c1-13(2)11-20(12-16(18)21)15-9-7-6-8-14(15)10-19-17(3,4)5/h6-9,13,19H,10-12H2,1-5H3,(H2,18,21). The van der Waals surface area contributed by atoms with Gasteiger partial charge >= 0.3 is 0 Å². The third kappa shape index (κ3) is 6.63. The van der Waals surface area contributed by atoms with Crippen LogP contribution in [0.25, 0.3) is 0 Å². The summed E-state index contributed by atoms with van der Waals surface area (Å²) in [5.41, 5.74) is 7.73. The number of nitrogens with zero attached hydrogens (tertiary/aromatic N) is 1. The summed E-state index contributed by atoms with van der Waals surface area (Å²) in [6, 6.07) is 8.19. The lowest BCUT2D eigenvalue weighted by Crippen LogP contribution is -2.38. The number of hydrogen-bond donors (Lipinski definition) is 2. The number of para-hydroxylation sites is 1. The highest BCUT2D eigenvalue weighted by atomic mass is 16.1. The third-order valence-corrected chi connectivity index (χ3v) is 3.07. The number of benzene rings is 1. The molecule has 0 atom stereocenters. The van der Waals surface area contributed by atoms with Gasteiger partial charge in [-0.3, -0.25) is 4.79 Å². The van der Waals surface area contributed by atoms with Gasteiger partial charge in [-0.05, 0) is 38.3 Å². The molecule has 0 saturated carbocycles. The molecular formula is C17H29N3O. The van der Waals surface area contributed by atoms with E-state index in [0.717, 1.165) is 18.8 Å². The quantitative estimate of drug-likeness (QED) is 0.811. The molecule has 0 bridgehead atoms. The first-order chi connectivity index (χ1) is 9.69. The van der Waals surface area contributed by atoms with Crippen molar-refractivity contribution in [2.24, 2.45) is 11.7 Å². The predicted octanol–water partition coefficient (Wildman–Crippen LogP) is 2.52. The molecular weight excluding hydrogens is 262 g/mol. The molecule has 1 aromatic rings. The Kier molecular flexibility index (Phi) is 6.21. The first-order valence-corrected chi connectivity index (χ1v) is 7.55. The highest BCUT2D eigenvalue weighted by molar-refractivity contribution is 5.80. The van der Waals surface area contributed by atoms with Gasteiger partial charge in [0.2, 0.25) is 5.91 Å². The van der Waals surface area contributed by atoms with E-state index in [1.807, 2.05) is 12.1 Å². The van der Waals surface area contributed by atoms with Crippen LogP contribution in [0.3, 0.4) is 0 Å². The fraction of sp³-hybridized carbons (Fsp3) is 0.588. The van der Waals surface area contributed by atoms with Gasteiger partial charge in [0.05, 0.1) is 6.54 Å². The van der Waals surface area contributed by atoms with Crippen molar-refractivity contribution >= 4 is 11.6 Å². The van der Waals surface area contributed by atoms with E-state index in [0.29, 0.717) is 5.92 Å². The van der Waals surface area contributed by atoms with E-state index in [9.17, 15) is 4.79 Å². The predicted molar refractivity (Wildman–Crippen MR) is 89.3 cm³/mol. The molecule has 0 unspecified atom stereocenters. The van der Waals surface area contributed by atoms with Gasteiger partial charge in [-0.15, -0.1) is 0 Å². The van der Waals surface area contributed by atoms with Crippen LogP contribution < -0.4 is 16.0 Å². The van der Waals surface area contributed by atoms with E-state index < -0.39 is 0 Å². The highest BCUT2D eigenvalue weighted by Crippen LogP contribution is 2.22. The van der Waals surface area contributed by atoms with Crippen molar-refractivity contribution in [2.45, 2.75) is 46.7 Å². The van der Waals surface area contributed by atoms with Gasteiger partial charge in [-0.25, -0.2) is 0 Å². The van der Waals surface area contributed by atoms with E-state index in [4.69, 9.17) is 5.73 Å². The minimum Gasteiger partial charge on any atom is -0.368 e. The maximum atomic E-state index is 11.4. The molecule has 4 nitrogen and oxygen atoms in total. The Bertz CT molecular complexity index is 463. The maximum absolute atomic E-state index is 11.4. The number of rotatable bonds is 7. The van der Waals surface area contributed by atoms with Crippen LogP contribution in [0.5, 0.6) is 0 Å². The number of carbonyl (C=O) groups excluding carboxylic acids is 1. The SMILES string of the molecule is CC(C)CN(CC(N)=O)c1ccccc1CNC(C)(C)C. The highest BCUT2D eigenvalue weighted by Gasteiger charge is 2.16. The van der Waals surface area contributed by atoms with Crippen molar-refractivity contribution in [1.82, 2.24) is 5.32 Å². The lowest BCUT2D eigenvalue weighted by atomic mass is 10.1. The van der Waals surface area contributed by atoms with Crippen LogP contribution >= 0.6 is 0 Å². The van der Waals surface area contributed by atoms with Crippen LogP contribution in [0.1, 0.15) is 40.2 Å². The zero-order valence-corrected chi connectivity index (χ0v) is 13.9. The van der Waals surface area contributed by atoms with Crippen molar-refractivity contribution in [2.75, 3.05) is 18.0 Å². The number of nitrogens with one attached hydrogen (secondary N) is 1. The Morgan fingerprint density at radius 3 is 2.43 bits per heavy atom. The second kappa shape index (κ2) is 7.46. The Balaban J connectivity index is 2.98. The van der Waals surface area contributed by atoms with Crippen molar-refractivity contribution in [3.63, 3.8) is 0 Å². The fourth-order valence-electron chi connectivity index (χ4n) is 2.21. The molecule has 0 aliphatic carbocycles. The first kappa shape index (κ1) is 17.5. The molecule has 0 saturated heterocycles. The molecule has 1 rings (SSSR count). The van der Waals surface area contributed by atoms with E-state index >= 15 is 0 Å². The minimum absolute atomic E-state index is 0.0552. The topological polar surface area (TPSA) is 58.4 Å². The number of nitrogens with two attached hydrogens (primary N) is 1. The molecule has 0 aliphatic rings. The molecule has 0 fully saturated rings. The normalized spacial score (nSPS) is 11.7. The Labute approximate surface area is 128 Å². The van der Waals surface area contributed by atoms with Crippen LogP contribution in [0.15, 0.2) is 24.3 Å². The molecule has 0 aromatic heterocycles. The monoisotopic (exact) mass is 291 g/mol. The summed E-state index contributed by atoms with van der Waals surface area (Å²) in [7, 11) is 0. The molecule has 21 heavy (non-hydrogen) atoms. The summed E-state index contributed by atoms with van der Waals surface area (Å²) in [4.78, 5) is 13.4. The van der Waals surface area contributed by atoms with Gasteiger partial charge in [0.15, 0.2) is 0 Å². The molecule has 118 valence electrons.